The molecule has 0 saturated carbocycles. The lowest BCUT2D eigenvalue weighted by molar-refractivity contribution is 0.467. The van der Waals surface area contributed by atoms with Crippen LogP contribution in [0.15, 0.2) is 215 Å². The number of rotatable bonds is 4. The van der Waals surface area contributed by atoms with Gasteiger partial charge in [-0.05, 0) is 129 Å². The zero-order valence-corrected chi connectivity index (χ0v) is 37.3. The second-order valence-electron chi connectivity index (χ2n) is 18.9. The lowest BCUT2D eigenvalue weighted by Gasteiger charge is -2.25. The summed E-state index contributed by atoms with van der Waals surface area (Å²) in [6.07, 6.45) is 0. The molecule has 2 aromatic heterocycles. The summed E-state index contributed by atoms with van der Waals surface area (Å²) in [5.41, 5.74) is 8.37. The molecule has 0 spiro atoms. The van der Waals surface area contributed by atoms with E-state index in [9.17, 15) is 10.2 Å². The minimum atomic E-state index is 0.0592. The van der Waals surface area contributed by atoms with E-state index < -0.39 is 0 Å². The van der Waals surface area contributed by atoms with E-state index in [0.717, 1.165) is 131 Å². The fraction of sp³-hybridized carbons (Fsp3) is 0. The zero-order valence-electron chi connectivity index (χ0n) is 37.3. The molecule has 324 valence electrons. The van der Waals surface area contributed by atoms with E-state index in [1.54, 1.807) is 0 Å². The molecule has 0 saturated heterocycles. The van der Waals surface area contributed by atoms with Crippen LogP contribution in [-0.4, -0.2) is 10.2 Å². The van der Waals surface area contributed by atoms with E-state index in [1.807, 2.05) is 54.6 Å². The Labute approximate surface area is 398 Å². The summed E-state index contributed by atoms with van der Waals surface area (Å²) in [7, 11) is 0. The number of furan rings is 2. The smallest absolute Gasteiger partial charge is 0.143 e. The van der Waals surface area contributed by atoms with Gasteiger partial charge in [0, 0.05) is 49.2 Å². The van der Waals surface area contributed by atoms with Gasteiger partial charge in [0.1, 0.15) is 33.8 Å². The average molecular weight is 893 g/mol. The van der Waals surface area contributed by atoms with Crippen molar-refractivity contribution in [3.63, 3.8) is 0 Å². The molecular formula is C66H36O4. The highest BCUT2D eigenvalue weighted by molar-refractivity contribution is 6.29. The maximum atomic E-state index is 14.0. The van der Waals surface area contributed by atoms with Crippen LogP contribution < -0.4 is 0 Å². The van der Waals surface area contributed by atoms with Gasteiger partial charge < -0.3 is 19.0 Å². The molecular weight excluding hydrogens is 857 g/mol. The quantitative estimate of drug-likeness (QED) is 0.136. The van der Waals surface area contributed by atoms with E-state index in [0.29, 0.717) is 22.3 Å². The molecule has 0 amide bonds. The molecule has 2 N–H and O–H groups in total. The van der Waals surface area contributed by atoms with Gasteiger partial charge >= 0.3 is 0 Å². The summed E-state index contributed by atoms with van der Waals surface area (Å²) in [5.74, 6) is 0.136. The zero-order chi connectivity index (χ0) is 45.9. The number of fused-ring (bicyclic) bond motifs is 8. The van der Waals surface area contributed by atoms with Crippen molar-refractivity contribution < 1.29 is 19.0 Å². The van der Waals surface area contributed by atoms with Gasteiger partial charge in [-0.3, -0.25) is 0 Å². The molecule has 16 rings (SSSR count). The molecule has 0 aliphatic heterocycles. The fourth-order valence-corrected chi connectivity index (χ4v) is 12.3. The first-order chi connectivity index (χ1) is 34.5. The van der Waals surface area contributed by atoms with Gasteiger partial charge in [-0.25, -0.2) is 0 Å². The summed E-state index contributed by atoms with van der Waals surface area (Å²) in [6, 6.07) is 71.7. The maximum absolute atomic E-state index is 14.0. The summed E-state index contributed by atoms with van der Waals surface area (Å²) in [6.45, 7) is 0. The van der Waals surface area contributed by atoms with Crippen molar-refractivity contribution in [1.82, 2.24) is 0 Å². The van der Waals surface area contributed by atoms with Crippen LogP contribution in [0.25, 0.3) is 164 Å². The van der Waals surface area contributed by atoms with Gasteiger partial charge in [0.05, 0.1) is 0 Å². The summed E-state index contributed by atoms with van der Waals surface area (Å²) < 4.78 is 13.0. The summed E-state index contributed by atoms with van der Waals surface area (Å²) in [5, 5.41) is 47.1. The Morgan fingerprint density at radius 1 is 0.257 bits per heavy atom. The van der Waals surface area contributed by atoms with Crippen LogP contribution in [0, 0.1) is 0 Å². The van der Waals surface area contributed by atoms with Gasteiger partial charge in [0.25, 0.3) is 0 Å². The first kappa shape index (κ1) is 37.7. The topological polar surface area (TPSA) is 66.7 Å². The standard InChI is InChI=1S/C66H36O4/c67-64-60(42-24-31-54-51(33-42)45-13-3-4-14-53(45)69-54)62(48-28-22-40-17-15-36-8-5-10-38-20-26-46(48)58(40)56(36)38)65(68)63(49-29-23-41-18-16-37-9-6-11-39-21-27-47(49)59(41)57(37)39)61(64)43-25-32-55-52(34-43)50-30-19-35-7-1-2-12-44(35)66(50)70-55/h1-34,67-68H. The van der Waals surface area contributed by atoms with Crippen LogP contribution in [0.4, 0.5) is 0 Å². The van der Waals surface area contributed by atoms with Gasteiger partial charge in [0.2, 0.25) is 0 Å². The molecule has 4 nitrogen and oxygen atoms in total. The van der Waals surface area contributed by atoms with E-state index in [4.69, 9.17) is 8.83 Å². The van der Waals surface area contributed by atoms with Crippen LogP contribution in [0.1, 0.15) is 0 Å². The second kappa shape index (κ2) is 13.6. The molecule has 70 heavy (non-hydrogen) atoms. The Hall–Kier alpha value is -9.38. The van der Waals surface area contributed by atoms with Crippen molar-refractivity contribution in [2.75, 3.05) is 0 Å². The number of aromatic hydroxyl groups is 2. The molecule has 0 radical (unpaired) electrons. The highest BCUT2D eigenvalue weighted by Crippen LogP contribution is 2.59. The van der Waals surface area contributed by atoms with Crippen molar-refractivity contribution in [1.29, 1.82) is 0 Å². The average Bonchev–Trinajstić information content (AvgIpc) is 3.98. The van der Waals surface area contributed by atoms with Crippen LogP contribution >= 0.6 is 0 Å². The molecule has 0 atom stereocenters. The third-order valence-electron chi connectivity index (χ3n) is 15.4. The Morgan fingerprint density at radius 2 is 0.671 bits per heavy atom. The number of phenolic OH excluding ortho intramolecular Hbond substituents is 2. The van der Waals surface area contributed by atoms with E-state index >= 15 is 0 Å². The largest absolute Gasteiger partial charge is 0.507 e. The molecule has 14 aromatic carbocycles. The van der Waals surface area contributed by atoms with Gasteiger partial charge in [-0.1, -0.05) is 170 Å². The van der Waals surface area contributed by atoms with Crippen molar-refractivity contribution in [3.05, 3.63) is 206 Å². The van der Waals surface area contributed by atoms with Gasteiger partial charge in [0.15, 0.2) is 0 Å². The Morgan fingerprint density at radius 3 is 1.27 bits per heavy atom. The first-order valence-corrected chi connectivity index (χ1v) is 23.8. The van der Waals surface area contributed by atoms with Crippen molar-refractivity contribution in [3.8, 4) is 56.0 Å². The third kappa shape index (κ3) is 4.98. The lowest BCUT2D eigenvalue weighted by Crippen LogP contribution is -1.97. The number of hydrogen-bond donors (Lipinski definition) is 2. The van der Waals surface area contributed by atoms with Gasteiger partial charge in [-0.15, -0.1) is 0 Å². The van der Waals surface area contributed by atoms with E-state index in [1.165, 1.54) is 10.8 Å². The summed E-state index contributed by atoms with van der Waals surface area (Å²) in [4.78, 5) is 0. The van der Waals surface area contributed by atoms with Crippen LogP contribution in [-0.2, 0) is 0 Å². The molecule has 0 fully saturated rings. The fourth-order valence-electron chi connectivity index (χ4n) is 12.3. The first-order valence-electron chi connectivity index (χ1n) is 23.8. The summed E-state index contributed by atoms with van der Waals surface area (Å²) >= 11 is 0. The van der Waals surface area contributed by atoms with Gasteiger partial charge in [-0.2, -0.15) is 0 Å². The number of benzene rings is 14. The van der Waals surface area contributed by atoms with Crippen LogP contribution in [0.2, 0.25) is 0 Å². The molecule has 2 heterocycles. The number of phenols is 2. The normalized spacial score (nSPS) is 12.4. The predicted molar refractivity (Wildman–Crippen MR) is 291 cm³/mol. The number of para-hydroxylation sites is 1. The Balaban J connectivity index is 1.09. The minimum Gasteiger partial charge on any atom is -0.507 e. The predicted octanol–water partition coefficient (Wildman–Crippen LogP) is 18.5. The third-order valence-corrected chi connectivity index (χ3v) is 15.4. The molecule has 4 heteroatoms. The maximum Gasteiger partial charge on any atom is 0.143 e. The highest BCUT2D eigenvalue weighted by Gasteiger charge is 2.31. The number of hydrogen-bond acceptors (Lipinski definition) is 4. The van der Waals surface area contributed by atoms with Crippen LogP contribution in [0.5, 0.6) is 11.5 Å². The van der Waals surface area contributed by atoms with Crippen molar-refractivity contribution >= 4 is 119 Å². The van der Waals surface area contributed by atoms with Crippen molar-refractivity contribution in [2.45, 2.75) is 0 Å². The van der Waals surface area contributed by atoms with E-state index in [-0.39, 0.29) is 11.5 Å². The molecule has 0 aliphatic rings. The SMILES string of the molecule is Oc1c(-c2ccc3oc4ccccc4c3c2)c(-c2ccc3ccc4cccc5ccc2c3c45)c(O)c(-c2ccc3ccc4cccc5ccc2c3c45)c1-c1ccc2oc3c4ccccc4ccc3c2c1. The lowest BCUT2D eigenvalue weighted by atomic mass is 9.80. The monoisotopic (exact) mass is 892 g/mol. The van der Waals surface area contributed by atoms with Crippen LogP contribution in [0.3, 0.4) is 0 Å². The minimum absolute atomic E-state index is 0.0592. The second-order valence-corrected chi connectivity index (χ2v) is 18.9. The van der Waals surface area contributed by atoms with Crippen molar-refractivity contribution in [2.24, 2.45) is 0 Å². The Bertz CT molecular complexity index is 4880. The molecule has 0 aliphatic carbocycles. The van der Waals surface area contributed by atoms with E-state index in [2.05, 4.69) is 152 Å². The molecule has 16 aromatic rings. The molecule has 0 unspecified atom stereocenters. The highest BCUT2D eigenvalue weighted by atomic mass is 16.3. The Kier molecular flexibility index (Phi) is 7.33. The molecule has 0 bridgehead atoms.